The first-order valence-electron chi connectivity index (χ1n) is 8.74. The van der Waals surface area contributed by atoms with Crippen LogP contribution in [0.5, 0.6) is 0 Å². The number of carbonyl (C=O) groups is 1. The van der Waals surface area contributed by atoms with Crippen molar-refractivity contribution in [2.24, 2.45) is 0 Å². The Bertz CT molecular complexity index is 1080. The molecule has 0 aliphatic carbocycles. The van der Waals surface area contributed by atoms with Gasteiger partial charge in [-0.1, -0.05) is 46.2 Å². The highest BCUT2D eigenvalue weighted by molar-refractivity contribution is 7.91. The molecular weight excluding hydrogens is 394 g/mol. The number of anilines is 1. The van der Waals surface area contributed by atoms with Crippen LogP contribution in [0.25, 0.3) is 0 Å². The summed E-state index contributed by atoms with van der Waals surface area (Å²) >= 11 is 1.18. The Kier molecular flexibility index (Phi) is 5.90. The van der Waals surface area contributed by atoms with E-state index in [1.165, 1.54) is 11.3 Å². The minimum atomic E-state index is -3.39. The average Bonchev–Trinajstić information content (AvgIpc) is 3.07. The van der Waals surface area contributed by atoms with Gasteiger partial charge in [-0.05, 0) is 45.0 Å². The Morgan fingerprint density at radius 2 is 1.61 bits per heavy atom. The molecule has 3 rings (SSSR count). The van der Waals surface area contributed by atoms with Crippen molar-refractivity contribution < 1.29 is 13.2 Å². The van der Waals surface area contributed by atoms with Gasteiger partial charge in [-0.3, -0.25) is 10.1 Å². The normalized spacial score (nSPS) is 11.4. The van der Waals surface area contributed by atoms with E-state index in [-0.39, 0.29) is 18.1 Å². The minimum absolute atomic E-state index is 0.0598. The fourth-order valence-corrected chi connectivity index (χ4v) is 4.88. The standard InChI is InChI=1S/C20H21N3O3S2/c1-13-4-6-17(7-5-13)28(25,26)9-8-18-22-23-20(27-18)21-19(24)16-11-14(2)10-15(3)12-16/h4-7,10-12H,8-9H2,1-3H3,(H,21,23,24). The predicted octanol–water partition coefficient (Wildman–Crippen LogP) is 3.73. The predicted molar refractivity (Wildman–Crippen MR) is 111 cm³/mol. The molecule has 1 aromatic heterocycles. The lowest BCUT2D eigenvalue weighted by atomic mass is 10.1. The Balaban J connectivity index is 1.64. The molecule has 0 radical (unpaired) electrons. The molecule has 28 heavy (non-hydrogen) atoms. The maximum Gasteiger partial charge on any atom is 0.257 e. The zero-order chi connectivity index (χ0) is 20.3. The van der Waals surface area contributed by atoms with E-state index in [0.29, 0.717) is 20.6 Å². The van der Waals surface area contributed by atoms with Crippen LogP contribution in [-0.4, -0.2) is 30.3 Å². The van der Waals surface area contributed by atoms with Crippen molar-refractivity contribution in [3.63, 3.8) is 0 Å². The van der Waals surface area contributed by atoms with Gasteiger partial charge >= 0.3 is 0 Å². The van der Waals surface area contributed by atoms with Gasteiger partial charge in [-0.25, -0.2) is 8.42 Å². The van der Waals surface area contributed by atoms with Crippen LogP contribution in [0.1, 0.15) is 32.1 Å². The number of aryl methyl sites for hydroxylation is 4. The molecule has 0 atom stereocenters. The van der Waals surface area contributed by atoms with Gasteiger partial charge in [0.05, 0.1) is 10.6 Å². The molecule has 0 aliphatic rings. The second-order valence-electron chi connectivity index (χ2n) is 6.71. The lowest BCUT2D eigenvalue weighted by molar-refractivity contribution is 0.102. The fraction of sp³-hybridized carbons (Fsp3) is 0.250. The average molecular weight is 416 g/mol. The van der Waals surface area contributed by atoms with Crippen LogP contribution < -0.4 is 5.32 Å². The zero-order valence-corrected chi connectivity index (χ0v) is 17.5. The summed E-state index contributed by atoms with van der Waals surface area (Å²) in [5, 5.41) is 11.6. The highest BCUT2D eigenvalue weighted by Gasteiger charge is 2.17. The molecule has 2 aromatic carbocycles. The van der Waals surface area contributed by atoms with Gasteiger partial charge in [0.1, 0.15) is 5.01 Å². The number of hydrogen-bond acceptors (Lipinski definition) is 6. The molecule has 3 aromatic rings. The molecule has 8 heteroatoms. The second-order valence-corrected chi connectivity index (χ2v) is 9.88. The molecule has 0 saturated heterocycles. The topological polar surface area (TPSA) is 89.0 Å². The summed E-state index contributed by atoms with van der Waals surface area (Å²) in [6.07, 6.45) is 0.243. The van der Waals surface area contributed by atoms with Crippen LogP contribution in [-0.2, 0) is 16.3 Å². The molecular formula is C20H21N3O3S2. The summed E-state index contributed by atoms with van der Waals surface area (Å²) in [5.41, 5.74) is 3.57. The van der Waals surface area contributed by atoms with Crippen molar-refractivity contribution in [1.82, 2.24) is 10.2 Å². The number of aromatic nitrogens is 2. The van der Waals surface area contributed by atoms with Crippen LogP contribution in [0.15, 0.2) is 47.4 Å². The van der Waals surface area contributed by atoms with E-state index in [9.17, 15) is 13.2 Å². The molecule has 1 N–H and O–H groups in total. The Morgan fingerprint density at radius 3 is 2.25 bits per heavy atom. The first-order valence-corrected chi connectivity index (χ1v) is 11.2. The van der Waals surface area contributed by atoms with Gasteiger partial charge < -0.3 is 0 Å². The number of hydrogen-bond donors (Lipinski definition) is 1. The van der Waals surface area contributed by atoms with Gasteiger partial charge in [-0.15, -0.1) is 10.2 Å². The highest BCUT2D eigenvalue weighted by Crippen LogP contribution is 2.20. The first-order chi connectivity index (χ1) is 13.2. The molecule has 1 amide bonds. The number of rotatable bonds is 6. The summed E-state index contributed by atoms with van der Waals surface area (Å²) in [7, 11) is -3.39. The molecule has 0 aliphatic heterocycles. The number of benzene rings is 2. The Morgan fingerprint density at radius 1 is 0.964 bits per heavy atom. The van der Waals surface area contributed by atoms with Gasteiger partial charge in [-0.2, -0.15) is 0 Å². The number of sulfone groups is 1. The monoisotopic (exact) mass is 415 g/mol. The Hall–Kier alpha value is -2.58. The van der Waals surface area contributed by atoms with Crippen LogP contribution >= 0.6 is 11.3 Å². The van der Waals surface area contributed by atoms with E-state index in [1.54, 1.807) is 36.4 Å². The number of amides is 1. The number of nitrogens with zero attached hydrogens (tertiary/aromatic N) is 2. The van der Waals surface area contributed by atoms with E-state index < -0.39 is 9.84 Å². The largest absolute Gasteiger partial charge is 0.296 e. The van der Waals surface area contributed by atoms with E-state index in [1.807, 2.05) is 26.8 Å². The van der Waals surface area contributed by atoms with E-state index in [4.69, 9.17) is 0 Å². The van der Waals surface area contributed by atoms with Gasteiger partial charge in [0.2, 0.25) is 5.13 Å². The zero-order valence-electron chi connectivity index (χ0n) is 15.9. The first kappa shape index (κ1) is 20.2. The van der Waals surface area contributed by atoms with Crippen LogP contribution in [0, 0.1) is 20.8 Å². The summed E-state index contributed by atoms with van der Waals surface area (Å²) in [4.78, 5) is 12.7. The quantitative estimate of drug-likeness (QED) is 0.663. The molecule has 0 unspecified atom stereocenters. The van der Waals surface area contributed by atoms with Crippen molar-refractivity contribution in [2.75, 3.05) is 11.1 Å². The van der Waals surface area contributed by atoms with Crippen LogP contribution in [0.2, 0.25) is 0 Å². The summed E-state index contributed by atoms with van der Waals surface area (Å²) in [5.74, 6) is -0.322. The van der Waals surface area contributed by atoms with Crippen LogP contribution in [0.4, 0.5) is 5.13 Å². The van der Waals surface area contributed by atoms with E-state index >= 15 is 0 Å². The van der Waals surface area contributed by atoms with Crippen molar-refractivity contribution >= 4 is 32.2 Å². The van der Waals surface area contributed by atoms with Gasteiger partial charge in [0.25, 0.3) is 5.91 Å². The van der Waals surface area contributed by atoms with Crippen molar-refractivity contribution in [1.29, 1.82) is 0 Å². The van der Waals surface area contributed by atoms with E-state index in [2.05, 4.69) is 15.5 Å². The number of carbonyl (C=O) groups excluding carboxylic acids is 1. The lowest BCUT2D eigenvalue weighted by Gasteiger charge is -2.04. The van der Waals surface area contributed by atoms with Crippen LogP contribution in [0.3, 0.4) is 0 Å². The number of nitrogens with one attached hydrogen (secondary N) is 1. The van der Waals surface area contributed by atoms with Crippen molar-refractivity contribution in [2.45, 2.75) is 32.1 Å². The second kappa shape index (κ2) is 8.20. The third-order valence-corrected chi connectivity index (χ3v) is 6.77. The highest BCUT2D eigenvalue weighted by atomic mass is 32.2. The summed E-state index contributed by atoms with van der Waals surface area (Å²) in [6.45, 7) is 5.77. The third-order valence-electron chi connectivity index (χ3n) is 4.14. The minimum Gasteiger partial charge on any atom is -0.296 e. The fourth-order valence-electron chi connectivity index (χ4n) is 2.77. The molecule has 0 fully saturated rings. The van der Waals surface area contributed by atoms with Gasteiger partial charge in [0.15, 0.2) is 9.84 Å². The molecule has 0 bridgehead atoms. The maximum absolute atomic E-state index is 12.4. The molecule has 0 spiro atoms. The molecule has 146 valence electrons. The summed E-state index contributed by atoms with van der Waals surface area (Å²) < 4.78 is 24.9. The lowest BCUT2D eigenvalue weighted by Crippen LogP contribution is -2.12. The van der Waals surface area contributed by atoms with Gasteiger partial charge in [0, 0.05) is 12.0 Å². The molecule has 1 heterocycles. The maximum atomic E-state index is 12.4. The van der Waals surface area contributed by atoms with Crippen molar-refractivity contribution in [3.8, 4) is 0 Å². The molecule has 0 saturated carbocycles. The molecule has 6 nitrogen and oxygen atoms in total. The van der Waals surface area contributed by atoms with E-state index in [0.717, 1.165) is 16.7 Å². The third kappa shape index (κ3) is 5.02. The van der Waals surface area contributed by atoms with Crippen molar-refractivity contribution in [3.05, 3.63) is 69.7 Å². The summed E-state index contributed by atoms with van der Waals surface area (Å²) in [6, 6.07) is 12.4. The Labute approximate surface area is 168 Å². The smallest absolute Gasteiger partial charge is 0.257 e. The SMILES string of the molecule is Cc1ccc(S(=O)(=O)CCc2nnc(NC(=O)c3cc(C)cc(C)c3)s2)cc1.